The molecule has 0 aliphatic carbocycles. The molecule has 0 spiro atoms. The lowest BCUT2D eigenvalue weighted by Gasteiger charge is -2.39. The minimum atomic E-state index is -1.87. The van der Waals surface area contributed by atoms with E-state index in [9.17, 15) is 0 Å². The van der Waals surface area contributed by atoms with Crippen LogP contribution in [0.15, 0.2) is 34.7 Å². The molecule has 0 unspecified atom stereocenters. The van der Waals surface area contributed by atoms with E-state index in [1.165, 1.54) is 0 Å². The summed E-state index contributed by atoms with van der Waals surface area (Å²) < 4.78 is 25.8. The smallest absolute Gasteiger partial charge is 0.192 e. The Morgan fingerprint density at radius 2 is 1.77 bits per heavy atom. The second kappa shape index (κ2) is 7.45. The number of likely N-dealkylation sites (N-methyl/N-ethyl adjacent to an activating group) is 1. The Morgan fingerprint density at radius 1 is 1.10 bits per heavy atom. The van der Waals surface area contributed by atoms with Crippen molar-refractivity contribution < 1.29 is 18.3 Å². The van der Waals surface area contributed by atoms with Crippen LogP contribution < -0.4 is 0 Å². The third-order valence-electron chi connectivity index (χ3n) is 7.16. The number of ether oxygens (including phenoxy) is 2. The van der Waals surface area contributed by atoms with Crippen molar-refractivity contribution in [1.82, 2.24) is 4.90 Å². The third kappa shape index (κ3) is 3.77. The van der Waals surface area contributed by atoms with Crippen molar-refractivity contribution in [2.45, 2.75) is 89.8 Å². The van der Waals surface area contributed by atoms with E-state index in [2.05, 4.69) is 57.8 Å². The number of fused-ring (bicyclic) bond motifs is 2. The van der Waals surface area contributed by atoms with Crippen LogP contribution in [0.4, 0.5) is 0 Å². The first-order chi connectivity index (χ1) is 13.9. The summed E-state index contributed by atoms with van der Waals surface area (Å²) in [7, 11) is -1.87. The maximum atomic E-state index is 6.66. The molecule has 0 bridgehead atoms. The molecule has 0 radical (unpaired) electrons. The monoisotopic (exact) mass is 431 g/mol. The minimum Gasteiger partial charge on any atom is -0.459 e. The average molecular weight is 432 g/mol. The summed E-state index contributed by atoms with van der Waals surface area (Å²) in [5.74, 6) is 0.346. The van der Waals surface area contributed by atoms with Gasteiger partial charge in [0.25, 0.3) is 0 Å². The molecule has 0 amide bonds. The maximum Gasteiger partial charge on any atom is 0.192 e. The number of hydrogen-bond acceptors (Lipinski definition) is 5. The van der Waals surface area contributed by atoms with E-state index in [0.29, 0.717) is 6.61 Å². The number of rotatable bonds is 5. The second-order valence-electron chi connectivity index (χ2n) is 10.7. The Balaban J connectivity index is 1.67. The largest absolute Gasteiger partial charge is 0.459 e. The summed E-state index contributed by atoms with van der Waals surface area (Å²) in [5, 5.41) is 1.30. The topological polar surface area (TPSA) is 44.1 Å². The molecule has 4 rings (SSSR count). The lowest BCUT2D eigenvalue weighted by atomic mass is 10.1. The lowest BCUT2D eigenvalue weighted by molar-refractivity contribution is -0.170. The van der Waals surface area contributed by atoms with Crippen molar-refractivity contribution in [3.63, 3.8) is 0 Å². The molecule has 1 aromatic carbocycles. The van der Waals surface area contributed by atoms with E-state index in [4.69, 9.17) is 18.3 Å². The van der Waals surface area contributed by atoms with Crippen molar-refractivity contribution in [1.29, 1.82) is 0 Å². The second-order valence-corrected chi connectivity index (χ2v) is 15.5. The molecule has 2 saturated heterocycles. The zero-order chi connectivity index (χ0) is 21.9. The van der Waals surface area contributed by atoms with Gasteiger partial charge in [-0.25, -0.2) is 0 Å². The van der Waals surface area contributed by atoms with Crippen LogP contribution in [-0.4, -0.2) is 50.4 Å². The first-order valence-electron chi connectivity index (χ1n) is 11.2. The van der Waals surface area contributed by atoms with Gasteiger partial charge in [-0.3, -0.25) is 4.90 Å². The van der Waals surface area contributed by atoms with Crippen LogP contribution in [0.5, 0.6) is 0 Å². The fraction of sp³-hybridized carbons (Fsp3) is 0.667. The Morgan fingerprint density at radius 3 is 2.40 bits per heavy atom. The number of para-hydroxylation sites is 1. The van der Waals surface area contributed by atoms with Gasteiger partial charge in [-0.05, 0) is 50.7 Å². The van der Waals surface area contributed by atoms with Crippen LogP contribution in [-0.2, 0) is 13.9 Å². The first-order valence-corrected chi connectivity index (χ1v) is 14.1. The number of likely N-dealkylation sites (tertiary alicyclic amines) is 1. The van der Waals surface area contributed by atoms with Crippen molar-refractivity contribution in [3.05, 3.63) is 36.1 Å². The highest BCUT2D eigenvalue weighted by atomic mass is 28.4. The number of furan rings is 1. The lowest BCUT2D eigenvalue weighted by Crippen LogP contribution is -2.48. The molecule has 6 heteroatoms. The molecular weight excluding hydrogens is 394 g/mol. The molecule has 0 N–H and O–H groups in total. The summed E-state index contributed by atoms with van der Waals surface area (Å²) in [5.41, 5.74) is 0.916. The van der Waals surface area contributed by atoms with E-state index in [0.717, 1.165) is 23.3 Å². The van der Waals surface area contributed by atoms with Crippen LogP contribution in [0.25, 0.3) is 11.0 Å². The van der Waals surface area contributed by atoms with Gasteiger partial charge in [0.1, 0.15) is 23.6 Å². The van der Waals surface area contributed by atoms with Gasteiger partial charge in [0.15, 0.2) is 14.1 Å². The number of benzene rings is 1. The third-order valence-corrected chi connectivity index (χ3v) is 11.7. The molecule has 2 aliphatic heterocycles. The SMILES string of the molecule is CCN1[C@H](c2cc3ccccc3o2)[C@@H]2OC(C)(C)O[C@@H]2[C@@H]1CO[Si](C)(C)C(C)(C)C. The van der Waals surface area contributed by atoms with Gasteiger partial charge >= 0.3 is 0 Å². The summed E-state index contributed by atoms with van der Waals surface area (Å²) in [4.78, 5) is 2.45. The Kier molecular flexibility index (Phi) is 5.47. The fourth-order valence-corrected chi connectivity index (χ4v) is 5.57. The van der Waals surface area contributed by atoms with Crippen molar-refractivity contribution >= 4 is 19.3 Å². The van der Waals surface area contributed by atoms with E-state index in [-0.39, 0.29) is 29.3 Å². The highest BCUT2D eigenvalue weighted by Gasteiger charge is 2.59. The van der Waals surface area contributed by atoms with Gasteiger partial charge in [0.2, 0.25) is 0 Å². The number of nitrogens with zero attached hydrogens (tertiary/aromatic N) is 1. The van der Waals surface area contributed by atoms with Crippen LogP contribution >= 0.6 is 0 Å². The Bertz CT molecular complexity index is 867. The molecule has 2 aromatic rings. The zero-order valence-electron chi connectivity index (χ0n) is 19.7. The normalized spacial score (nSPS) is 29.6. The maximum absolute atomic E-state index is 6.66. The van der Waals surface area contributed by atoms with E-state index in [1.807, 2.05) is 32.0 Å². The quantitative estimate of drug-likeness (QED) is 0.567. The summed E-state index contributed by atoms with van der Waals surface area (Å²) in [6.07, 6.45) is -0.114. The molecule has 1 aromatic heterocycles. The first kappa shape index (κ1) is 22.0. The molecule has 30 heavy (non-hydrogen) atoms. The zero-order valence-corrected chi connectivity index (χ0v) is 20.7. The van der Waals surface area contributed by atoms with Crippen LogP contribution in [0, 0.1) is 0 Å². The van der Waals surface area contributed by atoms with Crippen molar-refractivity contribution in [2.24, 2.45) is 0 Å². The van der Waals surface area contributed by atoms with Crippen molar-refractivity contribution in [3.8, 4) is 0 Å². The van der Waals surface area contributed by atoms with Crippen LogP contribution in [0.1, 0.15) is 53.3 Å². The molecule has 2 fully saturated rings. The fourth-order valence-electron chi connectivity index (χ4n) is 4.55. The molecule has 3 heterocycles. The molecule has 5 nitrogen and oxygen atoms in total. The molecule has 4 atom stereocenters. The number of hydrogen-bond donors (Lipinski definition) is 0. The van der Waals surface area contributed by atoms with E-state index >= 15 is 0 Å². The van der Waals surface area contributed by atoms with Crippen LogP contribution in [0.3, 0.4) is 0 Å². The van der Waals surface area contributed by atoms with Gasteiger partial charge in [-0.2, -0.15) is 0 Å². The molecule has 0 saturated carbocycles. The Hall–Kier alpha value is -1.18. The van der Waals surface area contributed by atoms with E-state index < -0.39 is 14.1 Å². The minimum absolute atomic E-state index is 0.0159. The highest BCUT2D eigenvalue weighted by molar-refractivity contribution is 6.74. The Labute approximate surface area is 181 Å². The predicted molar refractivity (Wildman–Crippen MR) is 122 cm³/mol. The summed E-state index contributed by atoms with van der Waals surface area (Å²) >= 11 is 0. The summed E-state index contributed by atoms with van der Waals surface area (Å²) in [6, 6.07) is 10.5. The predicted octanol–water partition coefficient (Wildman–Crippen LogP) is 5.72. The van der Waals surface area contributed by atoms with Gasteiger partial charge in [0, 0.05) is 5.39 Å². The van der Waals surface area contributed by atoms with Gasteiger partial charge < -0.3 is 18.3 Å². The average Bonchev–Trinajstić information content (AvgIpc) is 3.27. The molecular formula is C24H37NO4Si. The van der Waals surface area contributed by atoms with E-state index in [1.54, 1.807) is 0 Å². The molecule has 166 valence electrons. The van der Waals surface area contributed by atoms with Crippen LogP contribution in [0.2, 0.25) is 18.1 Å². The van der Waals surface area contributed by atoms with Crippen molar-refractivity contribution in [2.75, 3.05) is 13.2 Å². The van der Waals surface area contributed by atoms with Gasteiger partial charge in [0.05, 0.1) is 18.7 Å². The molecule has 2 aliphatic rings. The summed E-state index contributed by atoms with van der Waals surface area (Å²) in [6.45, 7) is 19.2. The highest BCUT2D eigenvalue weighted by Crippen LogP contribution is 2.48. The van der Waals surface area contributed by atoms with Gasteiger partial charge in [-0.15, -0.1) is 0 Å². The van der Waals surface area contributed by atoms with Gasteiger partial charge in [-0.1, -0.05) is 45.9 Å². The standard InChI is InChI=1S/C24H37NO4Si/c1-9-25-17(15-26-30(7,8)23(2,3)4)21-22(29-24(5,6)28-21)20(25)19-14-16-12-10-11-13-18(16)27-19/h10-14,17,20-22H,9,15H2,1-8H3/t17-,20+,21+,22-/m0/s1.